The third-order valence-corrected chi connectivity index (χ3v) is 4.00. The van der Waals surface area contributed by atoms with Gasteiger partial charge in [-0.05, 0) is 36.4 Å². The second kappa shape index (κ2) is 7.76. The quantitative estimate of drug-likeness (QED) is 0.727. The molecule has 0 saturated carbocycles. The minimum absolute atomic E-state index is 0.227. The standard InChI is InChI=1S/C19H16ClN3O3/c1-26-17-12-13(8-9-16(17)23-10-4-5-11-23)21-19(25)22-18(24)14-6-2-3-7-15(14)20/h2-12H,1H3,(H2,21,22,24,25). The molecule has 0 bridgehead atoms. The molecule has 0 radical (unpaired) electrons. The van der Waals surface area contributed by atoms with Gasteiger partial charge in [-0.25, -0.2) is 4.79 Å². The summed E-state index contributed by atoms with van der Waals surface area (Å²) in [6, 6.07) is 14.8. The van der Waals surface area contributed by atoms with Crippen molar-refractivity contribution in [2.24, 2.45) is 0 Å². The lowest BCUT2D eigenvalue weighted by Crippen LogP contribution is -2.34. The van der Waals surface area contributed by atoms with Crippen LogP contribution >= 0.6 is 11.6 Å². The minimum Gasteiger partial charge on any atom is -0.494 e. The van der Waals surface area contributed by atoms with Gasteiger partial charge in [-0.15, -0.1) is 0 Å². The molecule has 0 atom stereocenters. The smallest absolute Gasteiger partial charge is 0.326 e. The zero-order valence-electron chi connectivity index (χ0n) is 13.9. The zero-order valence-corrected chi connectivity index (χ0v) is 14.7. The van der Waals surface area contributed by atoms with Crippen molar-refractivity contribution in [3.63, 3.8) is 0 Å². The first kappa shape index (κ1) is 17.6. The second-order valence-electron chi connectivity index (χ2n) is 5.37. The summed E-state index contributed by atoms with van der Waals surface area (Å²) in [6.45, 7) is 0. The van der Waals surface area contributed by atoms with Crippen LogP contribution in [-0.2, 0) is 0 Å². The highest BCUT2D eigenvalue weighted by atomic mass is 35.5. The second-order valence-corrected chi connectivity index (χ2v) is 5.77. The Labute approximate surface area is 155 Å². The molecule has 3 rings (SSSR count). The fraction of sp³-hybridized carbons (Fsp3) is 0.0526. The summed E-state index contributed by atoms with van der Waals surface area (Å²) in [5.41, 5.74) is 1.54. The summed E-state index contributed by atoms with van der Waals surface area (Å²) >= 11 is 5.96. The number of urea groups is 1. The summed E-state index contributed by atoms with van der Waals surface area (Å²) in [7, 11) is 1.55. The van der Waals surface area contributed by atoms with Gasteiger partial charge >= 0.3 is 6.03 Å². The van der Waals surface area contributed by atoms with Crippen LogP contribution < -0.4 is 15.4 Å². The van der Waals surface area contributed by atoms with Gasteiger partial charge in [0.15, 0.2) is 0 Å². The number of imide groups is 1. The SMILES string of the molecule is COc1cc(NC(=O)NC(=O)c2ccccc2Cl)ccc1-n1cccc1. The largest absolute Gasteiger partial charge is 0.494 e. The molecule has 0 saturated heterocycles. The molecule has 0 unspecified atom stereocenters. The molecule has 6 nitrogen and oxygen atoms in total. The normalized spacial score (nSPS) is 10.2. The van der Waals surface area contributed by atoms with E-state index in [4.69, 9.17) is 16.3 Å². The first-order chi connectivity index (χ1) is 12.6. The molecule has 3 aromatic rings. The van der Waals surface area contributed by atoms with E-state index >= 15 is 0 Å². The predicted octanol–water partition coefficient (Wildman–Crippen LogP) is 4.10. The van der Waals surface area contributed by atoms with Crippen molar-refractivity contribution in [2.75, 3.05) is 12.4 Å². The molecule has 0 aliphatic carbocycles. The third-order valence-electron chi connectivity index (χ3n) is 3.67. The van der Waals surface area contributed by atoms with Crippen LogP contribution in [0.3, 0.4) is 0 Å². The molecule has 3 amide bonds. The lowest BCUT2D eigenvalue weighted by Gasteiger charge is -2.13. The van der Waals surface area contributed by atoms with Crippen LogP contribution in [0.2, 0.25) is 5.02 Å². The molecule has 2 N–H and O–H groups in total. The number of amides is 3. The zero-order chi connectivity index (χ0) is 18.5. The van der Waals surface area contributed by atoms with Crippen molar-refractivity contribution in [1.82, 2.24) is 9.88 Å². The average molecular weight is 370 g/mol. The van der Waals surface area contributed by atoms with Crippen molar-refractivity contribution in [3.8, 4) is 11.4 Å². The summed E-state index contributed by atoms with van der Waals surface area (Å²) in [4.78, 5) is 24.2. The number of benzene rings is 2. The van der Waals surface area contributed by atoms with Crippen LogP contribution in [0.5, 0.6) is 5.75 Å². The highest BCUT2D eigenvalue weighted by Crippen LogP contribution is 2.26. The van der Waals surface area contributed by atoms with E-state index in [-0.39, 0.29) is 10.6 Å². The number of hydrogen-bond acceptors (Lipinski definition) is 3. The Morgan fingerprint density at radius 1 is 1.04 bits per heavy atom. The van der Waals surface area contributed by atoms with Crippen LogP contribution in [0.4, 0.5) is 10.5 Å². The molecule has 7 heteroatoms. The van der Waals surface area contributed by atoms with Crippen molar-refractivity contribution in [1.29, 1.82) is 0 Å². The summed E-state index contributed by atoms with van der Waals surface area (Å²) in [5.74, 6) is 0.000423. The topological polar surface area (TPSA) is 72.4 Å². The fourth-order valence-electron chi connectivity index (χ4n) is 2.44. The Hall–Kier alpha value is -3.25. The predicted molar refractivity (Wildman–Crippen MR) is 100 cm³/mol. The van der Waals surface area contributed by atoms with Gasteiger partial charge in [-0.2, -0.15) is 0 Å². The number of nitrogens with one attached hydrogen (secondary N) is 2. The summed E-state index contributed by atoms with van der Waals surface area (Å²) in [6.07, 6.45) is 3.78. The number of hydrogen-bond donors (Lipinski definition) is 2. The van der Waals surface area contributed by atoms with Crippen LogP contribution in [0.1, 0.15) is 10.4 Å². The Kier molecular flexibility index (Phi) is 5.24. The Morgan fingerprint density at radius 3 is 2.46 bits per heavy atom. The van der Waals surface area contributed by atoms with E-state index in [0.29, 0.717) is 11.4 Å². The average Bonchev–Trinajstić information content (AvgIpc) is 3.16. The lowest BCUT2D eigenvalue weighted by molar-refractivity contribution is 0.0967. The highest BCUT2D eigenvalue weighted by molar-refractivity contribution is 6.34. The van der Waals surface area contributed by atoms with Gasteiger partial charge in [0, 0.05) is 24.1 Å². The van der Waals surface area contributed by atoms with Crippen molar-refractivity contribution in [2.45, 2.75) is 0 Å². The van der Waals surface area contributed by atoms with E-state index in [1.165, 1.54) is 0 Å². The van der Waals surface area contributed by atoms with E-state index in [1.807, 2.05) is 35.2 Å². The van der Waals surface area contributed by atoms with Crippen LogP contribution in [0.15, 0.2) is 67.0 Å². The van der Waals surface area contributed by atoms with E-state index in [2.05, 4.69) is 10.6 Å². The van der Waals surface area contributed by atoms with Gasteiger partial charge in [-0.1, -0.05) is 23.7 Å². The summed E-state index contributed by atoms with van der Waals surface area (Å²) in [5, 5.41) is 5.13. The van der Waals surface area contributed by atoms with Crippen molar-refractivity contribution < 1.29 is 14.3 Å². The summed E-state index contributed by atoms with van der Waals surface area (Å²) < 4.78 is 7.27. The van der Waals surface area contributed by atoms with E-state index in [1.54, 1.807) is 43.5 Å². The number of nitrogens with zero attached hydrogens (tertiary/aromatic N) is 1. The van der Waals surface area contributed by atoms with Crippen LogP contribution in [-0.4, -0.2) is 23.6 Å². The van der Waals surface area contributed by atoms with E-state index < -0.39 is 11.9 Å². The number of carbonyl (C=O) groups is 2. The first-order valence-corrected chi connectivity index (χ1v) is 8.14. The van der Waals surface area contributed by atoms with Gasteiger partial charge in [-0.3, -0.25) is 10.1 Å². The Morgan fingerprint density at radius 2 is 1.77 bits per heavy atom. The molecule has 1 heterocycles. The number of rotatable bonds is 4. The molecule has 0 fully saturated rings. The molecule has 0 spiro atoms. The third kappa shape index (κ3) is 3.87. The Bertz CT molecular complexity index is 939. The molecule has 0 aliphatic heterocycles. The highest BCUT2D eigenvalue weighted by Gasteiger charge is 2.14. The first-order valence-electron chi connectivity index (χ1n) is 7.76. The maximum atomic E-state index is 12.1. The maximum Gasteiger partial charge on any atom is 0.326 e. The molecular weight excluding hydrogens is 354 g/mol. The molecule has 26 heavy (non-hydrogen) atoms. The van der Waals surface area contributed by atoms with E-state index in [0.717, 1.165) is 5.69 Å². The van der Waals surface area contributed by atoms with Crippen LogP contribution in [0, 0.1) is 0 Å². The van der Waals surface area contributed by atoms with Gasteiger partial charge < -0.3 is 14.6 Å². The van der Waals surface area contributed by atoms with Crippen LogP contribution in [0.25, 0.3) is 5.69 Å². The number of methoxy groups -OCH3 is 1. The number of carbonyl (C=O) groups excluding carboxylic acids is 2. The number of halogens is 1. The molecular formula is C19H16ClN3O3. The molecule has 2 aromatic carbocycles. The van der Waals surface area contributed by atoms with Gasteiger partial charge in [0.2, 0.25) is 0 Å². The van der Waals surface area contributed by atoms with Gasteiger partial charge in [0.05, 0.1) is 23.4 Å². The molecule has 1 aromatic heterocycles. The lowest BCUT2D eigenvalue weighted by atomic mass is 10.2. The number of aromatic nitrogens is 1. The monoisotopic (exact) mass is 369 g/mol. The van der Waals surface area contributed by atoms with Crippen molar-refractivity contribution in [3.05, 3.63) is 77.6 Å². The van der Waals surface area contributed by atoms with Gasteiger partial charge in [0.1, 0.15) is 5.75 Å². The minimum atomic E-state index is -0.661. The van der Waals surface area contributed by atoms with E-state index in [9.17, 15) is 9.59 Å². The van der Waals surface area contributed by atoms with Gasteiger partial charge in [0.25, 0.3) is 5.91 Å². The fourth-order valence-corrected chi connectivity index (χ4v) is 2.66. The number of anilines is 1. The molecule has 132 valence electrons. The Balaban J connectivity index is 1.71. The van der Waals surface area contributed by atoms with Crippen molar-refractivity contribution >= 4 is 29.2 Å². The molecule has 0 aliphatic rings. The number of ether oxygens (including phenoxy) is 1. The maximum absolute atomic E-state index is 12.1.